The summed E-state index contributed by atoms with van der Waals surface area (Å²) in [4.78, 5) is 22.0. The predicted octanol–water partition coefficient (Wildman–Crippen LogP) is 0.940. The number of anilines is 1. The van der Waals surface area contributed by atoms with Gasteiger partial charge < -0.3 is 5.32 Å². The van der Waals surface area contributed by atoms with Gasteiger partial charge in [0.15, 0.2) is 0 Å². The molecule has 0 atom stereocenters. The first-order chi connectivity index (χ1) is 10.3. The van der Waals surface area contributed by atoms with Crippen LogP contribution in [0.15, 0.2) is 39.5 Å². The summed E-state index contributed by atoms with van der Waals surface area (Å²) in [5.41, 5.74) is 1.50. The number of carbonyl (C=O) groups is 1. The molecule has 0 saturated carbocycles. The molecule has 1 aromatic carbocycles. The van der Waals surface area contributed by atoms with Gasteiger partial charge in [0.05, 0.1) is 4.90 Å². The summed E-state index contributed by atoms with van der Waals surface area (Å²) in [5, 5.41) is 6.06. The molecule has 7 nitrogen and oxygen atoms in total. The lowest BCUT2D eigenvalue weighted by Crippen LogP contribution is -2.25. The molecule has 2 aromatic rings. The zero-order chi connectivity index (χ0) is 16.3. The van der Waals surface area contributed by atoms with Crippen LogP contribution in [0.4, 0.5) is 14.5 Å². The summed E-state index contributed by atoms with van der Waals surface area (Å²) < 4.78 is 48.1. The zero-order valence-corrected chi connectivity index (χ0v) is 12.4. The lowest BCUT2D eigenvalue weighted by atomic mass is 10.3. The number of halogens is 2. The Labute approximate surface area is 127 Å². The van der Waals surface area contributed by atoms with Gasteiger partial charge in [-0.05, 0) is 24.3 Å². The highest BCUT2D eigenvalue weighted by Gasteiger charge is 2.26. The van der Waals surface area contributed by atoms with Crippen LogP contribution < -0.4 is 10.2 Å². The third-order valence-corrected chi connectivity index (χ3v) is 4.56. The SMILES string of the molecule is O=C(Cn1ncsc1=O)Nc1ccc(S(=O)(=O)C(F)F)cc1. The number of carbonyl (C=O) groups excluding carboxylic acids is 1. The normalized spacial score (nSPS) is 11.6. The highest BCUT2D eigenvalue weighted by Crippen LogP contribution is 2.20. The van der Waals surface area contributed by atoms with Crippen molar-refractivity contribution >= 4 is 32.8 Å². The monoisotopic (exact) mass is 349 g/mol. The molecule has 0 bridgehead atoms. The molecule has 0 saturated heterocycles. The summed E-state index contributed by atoms with van der Waals surface area (Å²) >= 11 is 0.839. The molecule has 1 aromatic heterocycles. The molecule has 2 rings (SSSR count). The first-order valence-corrected chi connectivity index (χ1v) is 8.16. The number of alkyl halides is 2. The number of rotatable bonds is 5. The lowest BCUT2D eigenvalue weighted by Gasteiger charge is -2.07. The first kappa shape index (κ1) is 16.2. The second-order valence-electron chi connectivity index (χ2n) is 4.04. The molecule has 1 heterocycles. The minimum Gasteiger partial charge on any atom is -0.324 e. The lowest BCUT2D eigenvalue weighted by molar-refractivity contribution is -0.116. The Hall–Kier alpha value is -2.14. The number of nitrogens with one attached hydrogen (secondary N) is 1. The largest absolute Gasteiger partial charge is 0.341 e. The molecule has 0 fully saturated rings. The number of sulfone groups is 1. The summed E-state index contributed by atoms with van der Waals surface area (Å²) in [6.45, 7) is -0.306. The van der Waals surface area contributed by atoms with E-state index in [1.807, 2.05) is 0 Å². The average Bonchev–Trinajstić information content (AvgIpc) is 2.84. The second kappa shape index (κ2) is 6.32. The number of hydrogen-bond donors (Lipinski definition) is 1. The van der Waals surface area contributed by atoms with Gasteiger partial charge in [0.2, 0.25) is 15.7 Å². The molecule has 0 aliphatic rings. The van der Waals surface area contributed by atoms with E-state index in [1.54, 1.807) is 0 Å². The van der Waals surface area contributed by atoms with Gasteiger partial charge in [0.25, 0.3) is 0 Å². The fourth-order valence-electron chi connectivity index (χ4n) is 1.51. The predicted molar refractivity (Wildman–Crippen MR) is 74.6 cm³/mol. The maximum Gasteiger partial charge on any atom is 0.341 e. The Morgan fingerprint density at radius 2 is 1.95 bits per heavy atom. The molecule has 0 unspecified atom stereocenters. The van der Waals surface area contributed by atoms with Gasteiger partial charge in [-0.25, -0.2) is 13.1 Å². The Morgan fingerprint density at radius 3 is 2.45 bits per heavy atom. The van der Waals surface area contributed by atoms with Crippen LogP contribution in [0.5, 0.6) is 0 Å². The van der Waals surface area contributed by atoms with Gasteiger partial charge >= 0.3 is 10.6 Å². The molecule has 118 valence electrons. The third-order valence-electron chi connectivity index (χ3n) is 2.55. The first-order valence-electron chi connectivity index (χ1n) is 5.73. The van der Waals surface area contributed by atoms with E-state index in [0.717, 1.165) is 28.2 Å². The quantitative estimate of drug-likeness (QED) is 0.866. The smallest absolute Gasteiger partial charge is 0.324 e. The molecule has 0 aliphatic heterocycles. The number of hydrogen-bond acceptors (Lipinski definition) is 6. The molecule has 0 aliphatic carbocycles. The Bertz CT molecular complexity index is 828. The van der Waals surface area contributed by atoms with E-state index in [9.17, 15) is 26.8 Å². The molecular weight excluding hydrogens is 340 g/mol. The fraction of sp³-hybridized carbons (Fsp3) is 0.182. The molecule has 1 N–H and O–H groups in total. The Morgan fingerprint density at radius 1 is 1.32 bits per heavy atom. The zero-order valence-electron chi connectivity index (χ0n) is 10.8. The van der Waals surface area contributed by atoms with Crippen molar-refractivity contribution in [2.45, 2.75) is 17.2 Å². The van der Waals surface area contributed by atoms with Gasteiger partial charge in [0, 0.05) is 5.69 Å². The van der Waals surface area contributed by atoms with Crippen molar-refractivity contribution in [1.29, 1.82) is 0 Å². The second-order valence-corrected chi connectivity index (χ2v) is 6.75. The standard InChI is InChI=1S/C11H9F2N3O4S2/c12-10(13)22(19,20)8-3-1-7(2-4-8)15-9(17)5-16-11(18)21-6-14-16/h1-4,6,10H,5H2,(H,15,17). The van der Waals surface area contributed by atoms with Gasteiger partial charge in [-0.3, -0.25) is 9.59 Å². The molecule has 1 amide bonds. The van der Waals surface area contributed by atoms with Crippen LogP contribution in [-0.2, 0) is 21.2 Å². The van der Waals surface area contributed by atoms with Crippen molar-refractivity contribution in [1.82, 2.24) is 9.78 Å². The van der Waals surface area contributed by atoms with Crippen LogP contribution >= 0.6 is 11.3 Å². The average molecular weight is 349 g/mol. The summed E-state index contributed by atoms with van der Waals surface area (Å²) in [5.74, 6) is -4.07. The van der Waals surface area contributed by atoms with Crippen LogP contribution in [0.3, 0.4) is 0 Å². The number of benzene rings is 1. The van der Waals surface area contributed by atoms with Gasteiger partial charge in [-0.2, -0.15) is 13.9 Å². The van der Waals surface area contributed by atoms with Crippen molar-refractivity contribution in [2.75, 3.05) is 5.32 Å². The fourth-order valence-corrected chi connectivity index (χ4v) is 2.71. The van der Waals surface area contributed by atoms with E-state index in [1.165, 1.54) is 17.6 Å². The van der Waals surface area contributed by atoms with E-state index >= 15 is 0 Å². The topological polar surface area (TPSA) is 98.1 Å². The Kier molecular flexibility index (Phi) is 4.66. The molecule has 0 radical (unpaired) electrons. The third kappa shape index (κ3) is 3.54. The highest BCUT2D eigenvalue weighted by molar-refractivity contribution is 7.91. The maximum atomic E-state index is 12.4. The van der Waals surface area contributed by atoms with Crippen LogP contribution in [0.1, 0.15) is 0 Å². The van der Waals surface area contributed by atoms with E-state index in [2.05, 4.69) is 10.4 Å². The molecule has 0 spiro atoms. The number of aromatic nitrogens is 2. The molecule has 11 heteroatoms. The van der Waals surface area contributed by atoms with Gasteiger partial charge in [0.1, 0.15) is 12.1 Å². The number of nitrogens with zero attached hydrogens (tertiary/aromatic N) is 2. The van der Waals surface area contributed by atoms with Crippen molar-refractivity contribution in [3.63, 3.8) is 0 Å². The van der Waals surface area contributed by atoms with E-state index < -0.39 is 31.3 Å². The van der Waals surface area contributed by atoms with Crippen molar-refractivity contribution in [3.05, 3.63) is 39.4 Å². The minimum atomic E-state index is -4.67. The van der Waals surface area contributed by atoms with Crippen LogP contribution in [-0.4, -0.2) is 29.9 Å². The van der Waals surface area contributed by atoms with Crippen LogP contribution in [0, 0.1) is 0 Å². The van der Waals surface area contributed by atoms with E-state index in [4.69, 9.17) is 0 Å². The van der Waals surface area contributed by atoms with E-state index in [-0.39, 0.29) is 12.2 Å². The van der Waals surface area contributed by atoms with Crippen LogP contribution in [0.25, 0.3) is 0 Å². The van der Waals surface area contributed by atoms with Crippen LogP contribution in [0.2, 0.25) is 0 Å². The van der Waals surface area contributed by atoms with E-state index in [0.29, 0.717) is 0 Å². The van der Waals surface area contributed by atoms with Gasteiger partial charge in [-0.1, -0.05) is 11.3 Å². The van der Waals surface area contributed by atoms with Crippen molar-refractivity contribution < 1.29 is 22.0 Å². The summed E-state index contributed by atoms with van der Waals surface area (Å²) in [6.07, 6.45) is 0. The Balaban J connectivity index is 2.07. The highest BCUT2D eigenvalue weighted by atomic mass is 32.2. The minimum absolute atomic E-state index is 0.210. The van der Waals surface area contributed by atoms with Gasteiger partial charge in [-0.15, -0.1) is 0 Å². The maximum absolute atomic E-state index is 12.4. The summed E-state index contributed by atoms with van der Waals surface area (Å²) in [7, 11) is -4.67. The van der Waals surface area contributed by atoms with Crippen molar-refractivity contribution in [2.24, 2.45) is 0 Å². The van der Waals surface area contributed by atoms with Crippen molar-refractivity contribution in [3.8, 4) is 0 Å². The molecular formula is C11H9F2N3O4S2. The summed E-state index contributed by atoms with van der Waals surface area (Å²) in [6, 6.07) is 4.28. The number of amides is 1. The molecule has 22 heavy (non-hydrogen) atoms.